The number of rotatable bonds is 6. The van der Waals surface area contributed by atoms with Crippen LogP contribution in [-0.4, -0.2) is 21.4 Å². The van der Waals surface area contributed by atoms with E-state index in [4.69, 9.17) is 4.74 Å². The summed E-state index contributed by atoms with van der Waals surface area (Å²) in [5.74, 6) is -0.0778. The minimum Gasteiger partial charge on any atom is -0.495 e. The third-order valence-electron chi connectivity index (χ3n) is 3.41. The van der Waals surface area contributed by atoms with E-state index in [1.807, 2.05) is 30.3 Å². The zero-order chi connectivity index (χ0) is 17.7. The van der Waals surface area contributed by atoms with Crippen molar-refractivity contribution in [3.63, 3.8) is 0 Å². The number of carbonyl (C=O) groups is 1. The predicted octanol–water partition coefficient (Wildman–Crippen LogP) is 2.69. The van der Waals surface area contributed by atoms with Crippen molar-refractivity contribution in [2.45, 2.75) is 24.8 Å². The summed E-state index contributed by atoms with van der Waals surface area (Å²) in [6.45, 7) is 3.12. The van der Waals surface area contributed by atoms with E-state index in [9.17, 15) is 13.2 Å². The molecule has 0 heterocycles. The van der Waals surface area contributed by atoms with Crippen molar-refractivity contribution in [3.05, 3.63) is 54.1 Å². The van der Waals surface area contributed by atoms with Crippen LogP contribution in [0.15, 0.2) is 53.4 Å². The van der Waals surface area contributed by atoms with Gasteiger partial charge in [0.2, 0.25) is 15.9 Å². The number of methoxy groups -OCH3 is 1. The van der Waals surface area contributed by atoms with E-state index in [-0.39, 0.29) is 16.6 Å². The number of hydrogen-bond donors (Lipinski definition) is 2. The van der Waals surface area contributed by atoms with E-state index in [1.165, 1.54) is 26.2 Å². The molecule has 2 aromatic carbocycles. The molecule has 128 valence electrons. The molecule has 0 aliphatic rings. The van der Waals surface area contributed by atoms with Crippen LogP contribution in [0, 0.1) is 0 Å². The van der Waals surface area contributed by atoms with Gasteiger partial charge in [0.05, 0.1) is 7.11 Å². The maximum absolute atomic E-state index is 12.7. The lowest BCUT2D eigenvalue weighted by Gasteiger charge is -2.17. The number of sulfonamides is 1. The maximum atomic E-state index is 12.7. The fourth-order valence-electron chi connectivity index (χ4n) is 2.27. The SMILES string of the molecule is COc1ccc(NC(C)=O)cc1S(=O)(=O)N[C@H](C)c1ccccc1. The van der Waals surface area contributed by atoms with E-state index >= 15 is 0 Å². The third-order valence-corrected chi connectivity index (χ3v) is 4.97. The zero-order valence-electron chi connectivity index (χ0n) is 13.7. The van der Waals surface area contributed by atoms with Crippen molar-refractivity contribution in [1.29, 1.82) is 0 Å². The number of nitrogens with one attached hydrogen (secondary N) is 2. The maximum Gasteiger partial charge on any atom is 0.244 e. The first-order chi connectivity index (χ1) is 11.3. The van der Waals surface area contributed by atoms with Gasteiger partial charge in [0, 0.05) is 18.7 Å². The molecule has 0 unspecified atom stereocenters. The molecule has 7 heteroatoms. The van der Waals surface area contributed by atoms with E-state index in [0.29, 0.717) is 5.69 Å². The summed E-state index contributed by atoms with van der Waals surface area (Å²) in [7, 11) is -2.44. The van der Waals surface area contributed by atoms with Gasteiger partial charge in [-0.25, -0.2) is 13.1 Å². The predicted molar refractivity (Wildman–Crippen MR) is 92.5 cm³/mol. The number of carbonyl (C=O) groups excluding carboxylic acids is 1. The van der Waals surface area contributed by atoms with Gasteiger partial charge < -0.3 is 10.1 Å². The Bertz CT molecular complexity index is 820. The highest BCUT2D eigenvalue weighted by Gasteiger charge is 2.23. The molecule has 0 fully saturated rings. The van der Waals surface area contributed by atoms with Crippen molar-refractivity contribution in [1.82, 2.24) is 4.72 Å². The van der Waals surface area contributed by atoms with Gasteiger partial charge >= 0.3 is 0 Å². The largest absolute Gasteiger partial charge is 0.495 e. The first-order valence-electron chi connectivity index (χ1n) is 7.36. The lowest BCUT2D eigenvalue weighted by atomic mass is 10.1. The van der Waals surface area contributed by atoms with Gasteiger partial charge in [0.25, 0.3) is 0 Å². The molecule has 2 rings (SSSR count). The van der Waals surface area contributed by atoms with Gasteiger partial charge in [-0.05, 0) is 30.7 Å². The summed E-state index contributed by atoms with van der Waals surface area (Å²) in [6, 6.07) is 13.3. The average Bonchev–Trinajstić information content (AvgIpc) is 2.54. The Morgan fingerprint density at radius 1 is 1.12 bits per heavy atom. The van der Waals surface area contributed by atoms with Crippen LogP contribution < -0.4 is 14.8 Å². The normalized spacial score (nSPS) is 12.5. The van der Waals surface area contributed by atoms with Gasteiger partial charge in [0.15, 0.2) is 0 Å². The van der Waals surface area contributed by atoms with E-state index in [1.54, 1.807) is 13.0 Å². The molecule has 6 nitrogen and oxygen atoms in total. The van der Waals surface area contributed by atoms with E-state index in [2.05, 4.69) is 10.0 Å². The van der Waals surface area contributed by atoms with Crippen LogP contribution >= 0.6 is 0 Å². The second-order valence-electron chi connectivity index (χ2n) is 5.30. The number of ether oxygens (including phenoxy) is 1. The lowest BCUT2D eigenvalue weighted by Crippen LogP contribution is -2.27. The number of benzene rings is 2. The van der Waals surface area contributed by atoms with Crippen LogP contribution in [0.25, 0.3) is 0 Å². The highest BCUT2D eigenvalue weighted by atomic mass is 32.2. The van der Waals surface area contributed by atoms with Gasteiger partial charge in [-0.15, -0.1) is 0 Å². The zero-order valence-corrected chi connectivity index (χ0v) is 14.6. The molecule has 0 aliphatic carbocycles. The van der Waals surface area contributed by atoms with Crippen molar-refractivity contribution in [3.8, 4) is 5.75 Å². The summed E-state index contributed by atoms with van der Waals surface area (Å²) in [5.41, 5.74) is 1.23. The molecule has 1 amide bonds. The molecule has 0 aliphatic heterocycles. The van der Waals surface area contributed by atoms with Crippen LogP contribution in [0.1, 0.15) is 25.5 Å². The first-order valence-corrected chi connectivity index (χ1v) is 8.84. The molecular weight excluding hydrogens is 328 g/mol. The highest BCUT2D eigenvalue weighted by Crippen LogP contribution is 2.28. The average molecular weight is 348 g/mol. The Kier molecular flexibility index (Phi) is 5.58. The topological polar surface area (TPSA) is 84.5 Å². The minimum atomic E-state index is -3.84. The Hall–Kier alpha value is -2.38. The lowest BCUT2D eigenvalue weighted by molar-refractivity contribution is -0.114. The summed E-state index contributed by atoms with van der Waals surface area (Å²) in [4.78, 5) is 11.2. The fraction of sp³-hybridized carbons (Fsp3) is 0.235. The molecule has 0 spiro atoms. The van der Waals surface area contributed by atoms with Gasteiger partial charge in [0.1, 0.15) is 10.6 Å². The highest BCUT2D eigenvalue weighted by molar-refractivity contribution is 7.89. The number of anilines is 1. The van der Waals surface area contributed by atoms with Crippen molar-refractivity contribution >= 4 is 21.6 Å². The fourth-order valence-corrected chi connectivity index (χ4v) is 3.70. The van der Waals surface area contributed by atoms with Crippen LogP contribution in [0.5, 0.6) is 5.75 Å². The second-order valence-corrected chi connectivity index (χ2v) is 6.98. The molecule has 24 heavy (non-hydrogen) atoms. The van der Waals surface area contributed by atoms with E-state index < -0.39 is 16.1 Å². The van der Waals surface area contributed by atoms with Crippen molar-refractivity contribution in [2.24, 2.45) is 0 Å². The van der Waals surface area contributed by atoms with Gasteiger partial charge in [-0.1, -0.05) is 30.3 Å². The molecule has 0 saturated heterocycles. The second kappa shape index (κ2) is 7.46. The molecular formula is C17H20N2O4S. The number of amides is 1. The standard InChI is InChI=1S/C17H20N2O4S/c1-12(14-7-5-4-6-8-14)19-24(21,22)17-11-15(18-13(2)20)9-10-16(17)23-3/h4-12,19H,1-3H3,(H,18,20)/t12-/m1/s1. The molecule has 0 bridgehead atoms. The van der Waals surface area contributed by atoms with Gasteiger partial charge in [-0.2, -0.15) is 0 Å². The smallest absolute Gasteiger partial charge is 0.244 e. The summed E-state index contributed by atoms with van der Waals surface area (Å²) < 4.78 is 33.2. The third kappa shape index (κ3) is 4.33. The first kappa shape index (κ1) is 18.0. The molecule has 0 radical (unpaired) electrons. The molecule has 1 atom stereocenters. The van der Waals surface area contributed by atoms with Gasteiger partial charge in [-0.3, -0.25) is 4.79 Å². The van der Waals surface area contributed by atoms with Crippen LogP contribution in [-0.2, 0) is 14.8 Å². The van der Waals surface area contributed by atoms with E-state index in [0.717, 1.165) is 5.56 Å². The molecule has 2 N–H and O–H groups in total. The summed E-state index contributed by atoms with van der Waals surface area (Å²) in [5, 5.41) is 2.57. The minimum absolute atomic E-state index is 0.0287. The number of hydrogen-bond acceptors (Lipinski definition) is 4. The Labute approximate surface area is 141 Å². The van der Waals surface area contributed by atoms with Crippen LogP contribution in [0.4, 0.5) is 5.69 Å². The molecule has 0 saturated carbocycles. The quantitative estimate of drug-likeness (QED) is 0.840. The van der Waals surface area contributed by atoms with Crippen LogP contribution in [0.2, 0.25) is 0 Å². The Morgan fingerprint density at radius 3 is 2.38 bits per heavy atom. The monoisotopic (exact) mass is 348 g/mol. The Morgan fingerprint density at radius 2 is 1.79 bits per heavy atom. The van der Waals surface area contributed by atoms with Crippen LogP contribution in [0.3, 0.4) is 0 Å². The van der Waals surface area contributed by atoms with Crippen molar-refractivity contribution in [2.75, 3.05) is 12.4 Å². The molecule has 0 aromatic heterocycles. The van der Waals surface area contributed by atoms with Crippen molar-refractivity contribution < 1.29 is 17.9 Å². The Balaban J connectivity index is 2.35. The summed E-state index contributed by atoms with van der Waals surface area (Å²) in [6.07, 6.45) is 0. The summed E-state index contributed by atoms with van der Waals surface area (Å²) >= 11 is 0. The molecule has 2 aromatic rings.